The summed E-state index contributed by atoms with van der Waals surface area (Å²) in [5.41, 5.74) is 0.863. The summed E-state index contributed by atoms with van der Waals surface area (Å²) in [5, 5.41) is 17.1. The number of benzene rings is 2. The molecule has 1 aromatic heterocycles. The number of anilines is 1. The van der Waals surface area contributed by atoms with Crippen molar-refractivity contribution in [1.29, 1.82) is 0 Å². The summed E-state index contributed by atoms with van der Waals surface area (Å²) in [5.74, 6) is -0.694. The molecule has 0 saturated heterocycles. The molecular formula is C22H23N5O4. The van der Waals surface area contributed by atoms with Gasteiger partial charge in [0.2, 0.25) is 0 Å². The van der Waals surface area contributed by atoms with Crippen LogP contribution in [-0.2, 0) is 0 Å². The van der Waals surface area contributed by atoms with E-state index in [9.17, 15) is 19.7 Å². The molecule has 0 aliphatic rings. The fraction of sp³-hybridized carbons (Fsp3) is 0.227. The van der Waals surface area contributed by atoms with Crippen molar-refractivity contribution in [2.24, 2.45) is 0 Å². The van der Waals surface area contributed by atoms with Crippen molar-refractivity contribution < 1.29 is 14.5 Å². The van der Waals surface area contributed by atoms with E-state index in [4.69, 9.17) is 0 Å². The number of nitrogens with one attached hydrogen (secondary N) is 2. The van der Waals surface area contributed by atoms with Crippen LogP contribution in [0.5, 0.6) is 0 Å². The largest absolute Gasteiger partial charge is 0.347 e. The highest BCUT2D eigenvalue weighted by Crippen LogP contribution is 2.25. The quantitative estimate of drug-likeness (QED) is 0.442. The van der Waals surface area contributed by atoms with Crippen LogP contribution in [0.2, 0.25) is 0 Å². The van der Waals surface area contributed by atoms with Gasteiger partial charge in [-0.15, -0.1) is 0 Å². The van der Waals surface area contributed by atoms with Gasteiger partial charge in [0.15, 0.2) is 0 Å². The first kappa shape index (κ1) is 21.7. The molecule has 0 unspecified atom stereocenters. The van der Waals surface area contributed by atoms with Crippen molar-refractivity contribution in [3.05, 3.63) is 82.4 Å². The maximum Gasteiger partial charge on any atom is 0.294 e. The van der Waals surface area contributed by atoms with Gasteiger partial charge in [-0.2, -0.15) is 0 Å². The average molecular weight is 421 g/mol. The number of hydrogen-bond acceptors (Lipinski definition) is 5. The van der Waals surface area contributed by atoms with E-state index in [1.165, 1.54) is 35.3 Å². The van der Waals surface area contributed by atoms with Crippen molar-refractivity contribution in [3.8, 4) is 5.69 Å². The second-order valence-corrected chi connectivity index (χ2v) is 7.65. The van der Waals surface area contributed by atoms with E-state index in [0.717, 1.165) is 6.42 Å². The Labute approximate surface area is 179 Å². The zero-order valence-electron chi connectivity index (χ0n) is 17.5. The van der Waals surface area contributed by atoms with Crippen LogP contribution in [0, 0.1) is 10.1 Å². The summed E-state index contributed by atoms with van der Waals surface area (Å²) in [4.78, 5) is 39.8. The highest BCUT2D eigenvalue weighted by Gasteiger charge is 2.20. The van der Waals surface area contributed by atoms with Crippen molar-refractivity contribution in [2.45, 2.75) is 32.7 Å². The third kappa shape index (κ3) is 5.13. The number of aromatic nitrogens is 2. The van der Waals surface area contributed by atoms with Crippen molar-refractivity contribution in [3.63, 3.8) is 0 Å². The van der Waals surface area contributed by atoms with Gasteiger partial charge in [-0.3, -0.25) is 19.7 Å². The normalized spacial score (nSPS) is 11.1. The lowest BCUT2D eigenvalue weighted by Crippen LogP contribution is -2.42. The Hall–Kier alpha value is -4.01. The SMILES string of the molecule is CCC(C)(C)NC(=O)c1ccc(NC(=O)c2ccc(-n3ccnc3)c([N+](=O)[O-])c2)cc1. The zero-order valence-corrected chi connectivity index (χ0v) is 17.5. The summed E-state index contributed by atoms with van der Waals surface area (Å²) in [6.45, 7) is 5.87. The fourth-order valence-electron chi connectivity index (χ4n) is 2.81. The van der Waals surface area contributed by atoms with Gasteiger partial charge in [0, 0.05) is 40.8 Å². The number of hydrogen-bond donors (Lipinski definition) is 2. The second-order valence-electron chi connectivity index (χ2n) is 7.65. The molecule has 160 valence electrons. The topological polar surface area (TPSA) is 119 Å². The molecule has 3 rings (SSSR count). The lowest BCUT2D eigenvalue weighted by molar-refractivity contribution is -0.384. The molecule has 0 bridgehead atoms. The molecule has 3 aromatic rings. The molecule has 0 saturated carbocycles. The third-order valence-corrected chi connectivity index (χ3v) is 4.96. The van der Waals surface area contributed by atoms with E-state index in [2.05, 4.69) is 15.6 Å². The van der Waals surface area contributed by atoms with E-state index in [-0.39, 0.29) is 22.7 Å². The van der Waals surface area contributed by atoms with Gasteiger partial charge in [0.1, 0.15) is 5.69 Å². The van der Waals surface area contributed by atoms with Crippen molar-refractivity contribution in [2.75, 3.05) is 5.32 Å². The summed E-state index contributed by atoms with van der Waals surface area (Å²) in [6.07, 6.45) is 5.33. The van der Waals surface area contributed by atoms with Gasteiger partial charge < -0.3 is 15.2 Å². The summed E-state index contributed by atoms with van der Waals surface area (Å²) in [6, 6.07) is 10.7. The number of nitro groups is 1. The summed E-state index contributed by atoms with van der Waals surface area (Å²) < 4.78 is 1.50. The number of nitro benzene ring substituents is 1. The van der Waals surface area contributed by atoms with E-state index in [1.54, 1.807) is 30.5 Å². The molecule has 2 aromatic carbocycles. The third-order valence-electron chi connectivity index (χ3n) is 4.96. The number of nitrogens with zero attached hydrogens (tertiary/aromatic N) is 3. The van der Waals surface area contributed by atoms with E-state index >= 15 is 0 Å². The lowest BCUT2D eigenvalue weighted by atomic mass is 10.0. The van der Waals surface area contributed by atoms with Crippen LogP contribution in [0.1, 0.15) is 47.9 Å². The van der Waals surface area contributed by atoms with E-state index < -0.39 is 10.8 Å². The predicted octanol–water partition coefficient (Wildman–Crippen LogP) is 3.95. The number of rotatable bonds is 7. The van der Waals surface area contributed by atoms with Crippen LogP contribution >= 0.6 is 0 Å². The number of carbonyl (C=O) groups is 2. The van der Waals surface area contributed by atoms with Gasteiger partial charge in [-0.25, -0.2) is 4.98 Å². The van der Waals surface area contributed by atoms with Crippen LogP contribution in [0.4, 0.5) is 11.4 Å². The first-order valence-electron chi connectivity index (χ1n) is 9.71. The summed E-state index contributed by atoms with van der Waals surface area (Å²) >= 11 is 0. The second kappa shape index (κ2) is 8.78. The minimum absolute atomic E-state index is 0.141. The van der Waals surface area contributed by atoms with Crippen LogP contribution in [-0.4, -0.2) is 31.8 Å². The van der Waals surface area contributed by atoms with Gasteiger partial charge in [0.25, 0.3) is 17.5 Å². The number of carbonyl (C=O) groups excluding carboxylic acids is 2. The molecular weight excluding hydrogens is 398 g/mol. The van der Waals surface area contributed by atoms with Crippen LogP contribution < -0.4 is 10.6 Å². The molecule has 0 aliphatic heterocycles. The monoisotopic (exact) mass is 421 g/mol. The molecule has 0 spiro atoms. The van der Waals surface area contributed by atoms with Crippen molar-refractivity contribution in [1.82, 2.24) is 14.9 Å². The Morgan fingerprint density at radius 1 is 1.10 bits per heavy atom. The van der Waals surface area contributed by atoms with Gasteiger partial charge >= 0.3 is 0 Å². The molecule has 31 heavy (non-hydrogen) atoms. The Balaban J connectivity index is 1.75. The Bertz CT molecular complexity index is 1110. The van der Waals surface area contributed by atoms with E-state index in [1.807, 2.05) is 20.8 Å². The van der Waals surface area contributed by atoms with Gasteiger partial charge in [-0.05, 0) is 56.7 Å². The Kier molecular flexibility index (Phi) is 6.15. The first-order valence-corrected chi connectivity index (χ1v) is 9.71. The molecule has 9 nitrogen and oxygen atoms in total. The fourth-order valence-corrected chi connectivity index (χ4v) is 2.81. The standard InChI is InChI=1S/C22H23N5O4/c1-4-22(2,3)25-21(29)15-5-8-17(9-6-15)24-20(28)16-7-10-18(19(13-16)27(30)31)26-12-11-23-14-26/h5-14H,4H2,1-3H3,(H,24,28)(H,25,29). The maximum absolute atomic E-state index is 12.6. The van der Waals surface area contributed by atoms with Crippen molar-refractivity contribution >= 4 is 23.2 Å². The Morgan fingerprint density at radius 2 is 1.77 bits per heavy atom. The number of amides is 2. The molecule has 0 aliphatic carbocycles. The minimum atomic E-state index is -0.544. The zero-order chi connectivity index (χ0) is 22.6. The summed E-state index contributed by atoms with van der Waals surface area (Å²) in [7, 11) is 0. The van der Waals surface area contributed by atoms with E-state index in [0.29, 0.717) is 16.9 Å². The minimum Gasteiger partial charge on any atom is -0.347 e. The smallest absolute Gasteiger partial charge is 0.294 e. The molecule has 0 radical (unpaired) electrons. The number of imidazole rings is 1. The average Bonchev–Trinajstić information content (AvgIpc) is 3.28. The molecule has 0 atom stereocenters. The van der Waals surface area contributed by atoms with Crippen LogP contribution in [0.15, 0.2) is 61.2 Å². The maximum atomic E-state index is 12.6. The molecule has 2 N–H and O–H groups in total. The lowest BCUT2D eigenvalue weighted by Gasteiger charge is -2.24. The highest BCUT2D eigenvalue weighted by atomic mass is 16.6. The van der Waals surface area contributed by atoms with Crippen LogP contribution in [0.3, 0.4) is 0 Å². The van der Waals surface area contributed by atoms with Crippen LogP contribution in [0.25, 0.3) is 5.69 Å². The molecule has 2 amide bonds. The molecule has 9 heteroatoms. The first-order chi connectivity index (χ1) is 14.7. The highest BCUT2D eigenvalue weighted by molar-refractivity contribution is 6.05. The molecule has 1 heterocycles. The predicted molar refractivity (Wildman–Crippen MR) is 116 cm³/mol. The molecule has 0 fully saturated rings. The van der Waals surface area contributed by atoms with Gasteiger partial charge in [-0.1, -0.05) is 6.92 Å². The van der Waals surface area contributed by atoms with Gasteiger partial charge in [0.05, 0.1) is 11.3 Å². The Morgan fingerprint density at radius 3 is 2.35 bits per heavy atom.